The Morgan fingerprint density at radius 1 is 1.17 bits per heavy atom. The number of carbonyl (C=O) groups excluding carboxylic acids is 1. The van der Waals surface area contributed by atoms with Gasteiger partial charge in [-0.2, -0.15) is 0 Å². The van der Waals surface area contributed by atoms with Gasteiger partial charge in [0.25, 0.3) is 0 Å². The molecular formula is C19H27FN2O2. The third-order valence-electron chi connectivity index (χ3n) is 5.21. The van der Waals surface area contributed by atoms with Crippen LogP contribution >= 0.6 is 0 Å². The van der Waals surface area contributed by atoms with Gasteiger partial charge in [-0.1, -0.05) is 31.4 Å². The number of amides is 1. The molecular weight excluding hydrogens is 307 g/mol. The standard InChI is InChI=1S/C19H27FN2O2/c20-16-8-6-15(7-9-16)12-22(17-4-2-1-3-5-17)19(24)14-21-11-10-18(23)13-21/h6-9,17-18,23H,1-5,10-14H2/t18-/m0/s1. The predicted molar refractivity (Wildman–Crippen MR) is 90.9 cm³/mol. The average molecular weight is 334 g/mol. The number of likely N-dealkylation sites (tertiary alicyclic amines) is 1. The first-order valence-corrected chi connectivity index (χ1v) is 9.06. The molecule has 5 heteroatoms. The van der Waals surface area contributed by atoms with Crippen molar-refractivity contribution in [1.29, 1.82) is 0 Å². The third-order valence-corrected chi connectivity index (χ3v) is 5.21. The zero-order valence-electron chi connectivity index (χ0n) is 14.2. The van der Waals surface area contributed by atoms with E-state index in [4.69, 9.17) is 0 Å². The van der Waals surface area contributed by atoms with Gasteiger partial charge in [-0.25, -0.2) is 4.39 Å². The third kappa shape index (κ3) is 4.54. The first kappa shape index (κ1) is 17.4. The van der Waals surface area contributed by atoms with E-state index < -0.39 is 0 Å². The summed E-state index contributed by atoms with van der Waals surface area (Å²) >= 11 is 0. The molecule has 1 aromatic carbocycles. The summed E-state index contributed by atoms with van der Waals surface area (Å²) in [7, 11) is 0. The van der Waals surface area contributed by atoms with E-state index in [1.54, 1.807) is 12.1 Å². The summed E-state index contributed by atoms with van der Waals surface area (Å²) in [4.78, 5) is 16.9. The fourth-order valence-corrected chi connectivity index (χ4v) is 3.84. The monoisotopic (exact) mass is 334 g/mol. The van der Waals surface area contributed by atoms with E-state index >= 15 is 0 Å². The zero-order valence-corrected chi connectivity index (χ0v) is 14.2. The number of nitrogens with zero attached hydrogens (tertiary/aromatic N) is 2. The van der Waals surface area contributed by atoms with Crippen LogP contribution in [0.2, 0.25) is 0 Å². The maximum atomic E-state index is 13.1. The molecule has 132 valence electrons. The molecule has 0 radical (unpaired) electrons. The number of halogens is 1. The second-order valence-corrected chi connectivity index (χ2v) is 7.12. The van der Waals surface area contributed by atoms with Gasteiger partial charge in [0.1, 0.15) is 5.82 Å². The fourth-order valence-electron chi connectivity index (χ4n) is 3.84. The van der Waals surface area contributed by atoms with Crippen molar-refractivity contribution in [3.05, 3.63) is 35.6 Å². The second kappa shape index (κ2) is 8.08. The van der Waals surface area contributed by atoms with Crippen molar-refractivity contribution in [3.63, 3.8) is 0 Å². The van der Waals surface area contributed by atoms with Crippen LogP contribution in [-0.2, 0) is 11.3 Å². The summed E-state index contributed by atoms with van der Waals surface area (Å²) < 4.78 is 13.1. The van der Waals surface area contributed by atoms with Gasteiger partial charge in [0.05, 0.1) is 12.6 Å². The van der Waals surface area contributed by atoms with Crippen LogP contribution in [0.4, 0.5) is 4.39 Å². The van der Waals surface area contributed by atoms with E-state index in [-0.39, 0.29) is 23.9 Å². The molecule has 1 aliphatic carbocycles. The van der Waals surface area contributed by atoms with E-state index in [1.807, 2.05) is 9.80 Å². The molecule has 1 saturated heterocycles. The maximum Gasteiger partial charge on any atom is 0.237 e. The van der Waals surface area contributed by atoms with Crippen molar-refractivity contribution in [2.45, 2.75) is 57.2 Å². The molecule has 4 nitrogen and oxygen atoms in total. The lowest BCUT2D eigenvalue weighted by Crippen LogP contribution is -2.45. The van der Waals surface area contributed by atoms with Crippen LogP contribution in [0.3, 0.4) is 0 Å². The van der Waals surface area contributed by atoms with Gasteiger partial charge >= 0.3 is 0 Å². The largest absolute Gasteiger partial charge is 0.392 e. The van der Waals surface area contributed by atoms with Crippen molar-refractivity contribution in [2.24, 2.45) is 0 Å². The topological polar surface area (TPSA) is 43.8 Å². The minimum atomic E-state index is -0.307. The van der Waals surface area contributed by atoms with Crippen LogP contribution < -0.4 is 0 Å². The van der Waals surface area contributed by atoms with Crippen molar-refractivity contribution in [3.8, 4) is 0 Å². The molecule has 0 bridgehead atoms. The molecule has 1 atom stereocenters. The molecule has 1 N–H and O–H groups in total. The predicted octanol–water partition coefficient (Wildman–Crippen LogP) is 2.55. The van der Waals surface area contributed by atoms with Crippen molar-refractivity contribution < 1.29 is 14.3 Å². The number of benzene rings is 1. The quantitative estimate of drug-likeness (QED) is 0.900. The Bertz CT molecular complexity index is 543. The highest BCUT2D eigenvalue weighted by Gasteiger charge is 2.29. The Morgan fingerprint density at radius 2 is 1.88 bits per heavy atom. The van der Waals surface area contributed by atoms with Gasteiger partial charge in [0.15, 0.2) is 0 Å². The number of β-amino-alcohol motifs (C(OH)–C–C–N with tert-alkyl or cyclic N) is 1. The number of carbonyl (C=O) groups is 1. The van der Waals surface area contributed by atoms with E-state index in [0.717, 1.165) is 31.4 Å². The molecule has 1 saturated carbocycles. The van der Waals surface area contributed by atoms with Gasteiger partial charge in [-0.15, -0.1) is 0 Å². The zero-order chi connectivity index (χ0) is 16.9. The molecule has 2 aliphatic rings. The summed E-state index contributed by atoms with van der Waals surface area (Å²) in [6.07, 6.45) is 6.12. The number of hydrogen-bond acceptors (Lipinski definition) is 3. The van der Waals surface area contributed by atoms with E-state index in [0.29, 0.717) is 19.6 Å². The first-order chi connectivity index (χ1) is 11.6. The lowest BCUT2D eigenvalue weighted by Gasteiger charge is -2.35. The summed E-state index contributed by atoms with van der Waals surface area (Å²) in [5.41, 5.74) is 0.969. The minimum absolute atomic E-state index is 0.125. The van der Waals surface area contributed by atoms with E-state index in [9.17, 15) is 14.3 Å². The van der Waals surface area contributed by atoms with E-state index in [1.165, 1.54) is 31.4 Å². The summed E-state index contributed by atoms with van der Waals surface area (Å²) in [5.74, 6) is -0.124. The Balaban J connectivity index is 1.68. The van der Waals surface area contributed by atoms with Crippen LogP contribution in [0.5, 0.6) is 0 Å². The molecule has 2 fully saturated rings. The van der Waals surface area contributed by atoms with Crippen LogP contribution in [0.25, 0.3) is 0 Å². The number of aliphatic hydroxyl groups is 1. The summed E-state index contributed by atoms with van der Waals surface area (Å²) in [6.45, 7) is 2.28. The highest BCUT2D eigenvalue weighted by Crippen LogP contribution is 2.25. The normalized spacial score (nSPS) is 22.7. The smallest absolute Gasteiger partial charge is 0.237 e. The highest BCUT2D eigenvalue weighted by atomic mass is 19.1. The Kier molecular flexibility index (Phi) is 5.85. The highest BCUT2D eigenvalue weighted by molar-refractivity contribution is 5.78. The molecule has 24 heavy (non-hydrogen) atoms. The fraction of sp³-hybridized carbons (Fsp3) is 0.632. The number of hydrogen-bond donors (Lipinski definition) is 1. The lowest BCUT2D eigenvalue weighted by molar-refractivity contribution is -0.136. The lowest BCUT2D eigenvalue weighted by atomic mass is 9.93. The van der Waals surface area contributed by atoms with Crippen LogP contribution in [0.1, 0.15) is 44.1 Å². The molecule has 1 aromatic rings. The molecule has 0 aromatic heterocycles. The molecule has 1 aliphatic heterocycles. The number of rotatable bonds is 5. The van der Waals surface area contributed by atoms with Crippen LogP contribution in [0, 0.1) is 5.82 Å². The van der Waals surface area contributed by atoms with E-state index in [2.05, 4.69) is 0 Å². The second-order valence-electron chi connectivity index (χ2n) is 7.12. The van der Waals surface area contributed by atoms with Crippen LogP contribution in [-0.4, -0.2) is 52.6 Å². The molecule has 1 heterocycles. The molecule has 1 amide bonds. The van der Waals surface area contributed by atoms with Gasteiger partial charge in [0.2, 0.25) is 5.91 Å². The SMILES string of the molecule is O=C(CN1CC[C@H](O)C1)N(Cc1ccc(F)cc1)C1CCCCC1. The van der Waals surface area contributed by atoms with Gasteiger partial charge < -0.3 is 10.0 Å². The van der Waals surface area contributed by atoms with Crippen molar-refractivity contribution in [1.82, 2.24) is 9.80 Å². The maximum absolute atomic E-state index is 13.1. The number of aliphatic hydroxyl groups excluding tert-OH is 1. The van der Waals surface area contributed by atoms with Crippen molar-refractivity contribution in [2.75, 3.05) is 19.6 Å². The summed E-state index contributed by atoms with van der Waals surface area (Å²) in [5, 5.41) is 9.66. The summed E-state index contributed by atoms with van der Waals surface area (Å²) in [6, 6.07) is 6.71. The van der Waals surface area contributed by atoms with Crippen molar-refractivity contribution >= 4 is 5.91 Å². The van der Waals surface area contributed by atoms with Crippen LogP contribution in [0.15, 0.2) is 24.3 Å². The van der Waals surface area contributed by atoms with Gasteiger partial charge in [0, 0.05) is 25.7 Å². The molecule has 0 unspecified atom stereocenters. The molecule has 3 rings (SSSR count). The van der Waals surface area contributed by atoms with Gasteiger partial charge in [-0.3, -0.25) is 9.69 Å². The molecule has 0 spiro atoms. The average Bonchev–Trinajstić information content (AvgIpc) is 3.00. The Labute approximate surface area is 143 Å². The first-order valence-electron chi connectivity index (χ1n) is 9.06. The Hall–Kier alpha value is -1.46. The Morgan fingerprint density at radius 3 is 2.50 bits per heavy atom. The van der Waals surface area contributed by atoms with Gasteiger partial charge in [-0.05, 0) is 37.0 Å². The minimum Gasteiger partial charge on any atom is -0.392 e.